The molecule has 1 aromatic heterocycles. The van der Waals surface area contributed by atoms with Crippen molar-refractivity contribution in [3.05, 3.63) is 24.2 Å². The van der Waals surface area contributed by atoms with Crippen molar-refractivity contribution in [1.29, 1.82) is 0 Å². The predicted molar refractivity (Wildman–Crippen MR) is 53.9 cm³/mol. The summed E-state index contributed by atoms with van der Waals surface area (Å²) in [6, 6.07) is 4.26. The summed E-state index contributed by atoms with van der Waals surface area (Å²) >= 11 is 0. The fourth-order valence-electron chi connectivity index (χ4n) is 2.08. The summed E-state index contributed by atoms with van der Waals surface area (Å²) in [4.78, 5) is 0. The first-order chi connectivity index (χ1) is 6.77. The summed E-state index contributed by atoms with van der Waals surface area (Å²) in [7, 11) is 0. The van der Waals surface area contributed by atoms with E-state index in [0.717, 1.165) is 25.0 Å². The third-order valence-electron chi connectivity index (χ3n) is 2.91. The Bertz CT molecular complexity index is 271. The lowest BCUT2D eigenvalue weighted by atomic mass is 10.1. The first-order valence-electron chi connectivity index (χ1n) is 5.25. The van der Waals surface area contributed by atoms with Crippen LogP contribution in [0.25, 0.3) is 0 Å². The van der Waals surface area contributed by atoms with E-state index in [1.165, 1.54) is 0 Å². The quantitative estimate of drug-likeness (QED) is 0.773. The van der Waals surface area contributed by atoms with Crippen LogP contribution in [0, 0.1) is 0 Å². The third kappa shape index (κ3) is 1.99. The van der Waals surface area contributed by atoms with Crippen LogP contribution in [0.15, 0.2) is 22.8 Å². The second-order valence-electron chi connectivity index (χ2n) is 4.01. The fourth-order valence-corrected chi connectivity index (χ4v) is 2.08. The highest BCUT2D eigenvalue weighted by atomic mass is 16.3. The van der Waals surface area contributed by atoms with Crippen LogP contribution in [0.4, 0.5) is 0 Å². The van der Waals surface area contributed by atoms with Gasteiger partial charge in [0, 0.05) is 6.04 Å². The zero-order chi connectivity index (χ0) is 9.97. The van der Waals surface area contributed by atoms with E-state index in [0.29, 0.717) is 0 Å². The molecule has 78 valence electrons. The van der Waals surface area contributed by atoms with E-state index in [-0.39, 0.29) is 18.2 Å². The minimum atomic E-state index is -0.188. The molecule has 0 amide bonds. The van der Waals surface area contributed by atoms with Gasteiger partial charge < -0.3 is 14.8 Å². The second kappa shape index (κ2) is 4.15. The topological polar surface area (TPSA) is 45.4 Å². The van der Waals surface area contributed by atoms with Crippen LogP contribution in [-0.4, -0.2) is 17.3 Å². The standard InChI is InChI=1S/C11H17NO2/c1-8(11-6-3-7-14-11)12-9-4-2-5-10(9)13/h3,6-10,12-13H,2,4-5H2,1H3/t8-,9?,10?/m0/s1. The second-order valence-corrected chi connectivity index (χ2v) is 4.01. The molecule has 2 unspecified atom stereocenters. The lowest BCUT2D eigenvalue weighted by molar-refractivity contribution is 0.142. The van der Waals surface area contributed by atoms with Crippen molar-refractivity contribution >= 4 is 0 Å². The highest BCUT2D eigenvalue weighted by Crippen LogP contribution is 2.22. The molecule has 1 aromatic rings. The molecule has 14 heavy (non-hydrogen) atoms. The maximum absolute atomic E-state index is 9.64. The molecule has 3 nitrogen and oxygen atoms in total. The smallest absolute Gasteiger partial charge is 0.120 e. The van der Waals surface area contributed by atoms with Crippen LogP contribution < -0.4 is 5.32 Å². The summed E-state index contributed by atoms with van der Waals surface area (Å²) in [5, 5.41) is 13.0. The largest absolute Gasteiger partial charge is 0.468 e. The van der Waals surface area contributed by atoms with Gasteiger partial charge in [-0.2, -0.15) is 0 Å². The van der Waals surface area contributed by atoms with E-state index < -0.39 is 0 Å². The lowest BCUT2D eigenvalue weighted by Gasteiger charge is -2.20. The molecule has 0 radical (unpaired) electrons. The number of nitrogens with one attached hydrogen (secondary N) is 1. The first kappa shape index (κ1) is 9.74. The van der Waals surface area contributed by atoms with Crippen LogP contribution >= 0.6 is 0 Å². The monoisotopic (exact) mass is 195 g/mol. The van der Waals surface area contributed by atoms with Crippen molar-refractivity contribution in [2.24, 2.45) is 0 Å². The average molecular weight is 195 g/mol. The summed E-state index contributed by atoms with van der Waals surface area (Å²) < 4.78 is 5.30. The van der Waals surface area contributed by atoms with Crippen molar-refractivity contribution in [3.8, 4) is 0 Å². The van der Waals surface area contributed by atoms with Gasteiger partial charge in [-0.1, -0.05) is 0 Å². The molecule has 0 bridgehead atoms. The van der Waals surface area contributed by atoms with Crippen LogP contribution in [0.2, 0.25) is 0 Å². The van der Waals surface area contributed by atoms with Gasteiger partial charge in [0.25, 0.3) is 0 Å². The number of furan rings is 1. The normalized spacial score (nSPS) is 29.3. The van der Waals surface area contributed by atoms with Crippen LogP contribution in [0.3, 0.4) is 0 Å². The Labute approximate surface area is 84.1 Å². The van der Waals surface area contributed by atoms with Crippen LogP contribution in [0.5, 0.6) is 0 Å². The van der Waals surface area contributed by atoms with E-state index >= 15 is 0 Å². The Morgan fingerprint density at radius 3 is 3.00 bits per heavy atom. The summed E-state index contributed by atoms with van der Waals surface area (Å²) in [6.45, 7) is 2.06. The molecule has 0 aliphatic heterocycles. The molecule has 3 atom stereocenters. The number of aliphatic hydroxyl groups excluding tert-OH is 1. The summed E-state index contributed by atoms with van der Waals surface area (Å²) in [5.74, 6) is 0.934. The molecule has 3 heteroatoms. The number of rotatable bonds is 3. The molecule has 1 heterocycles. The Morgan fingerprint density at radius 2 is 2.43 bits per heavy atom. The molecule has 1 aliphatic carbocycles. The fraction of sp³-hybridized carbons (Fsp3) is 0.636. The van der Waals surface area contributed by atoms with Gasteiger partial charge in [0.15, 0.2) is 0 Å². The SMILES string of the molecule is C[C@H](NC1CCCC1O)c1ccco1. The average Bonchev–Trinajstić information content (AvgIpc) is 2.77. The van der Waals surface area contributed by atoms with E-state index in [4.69, 9.17) is 4.42 Å². The molecule has 2 rings (SSSR count). The predicted octanol–water partition coefficient (Wildman–Crippen LogP) is 1.84. The van der Waals surface area contributed by atoms with Gasteiger partial charge in [-0.25, -0.2) is 0 Å². The minimum absolute atomic E-state index is 0.183. The van der Waals surface area contributed by atoms with Gasteiger partial charge in [-0.05, 0) is 38.3 Å². The highest BCUT2D eigenvalue weighted by Gasteiger charge is 2.26. The molecule has 0 saturated heterocycles. The Kier molecular flexibility index (Phi) is 2.89. The zero-order valence-corrected chi connectivity index (χ0v) is 8.44. The molecule has 0 spiro atoms. The molecule has 2 N–H and O–H groups in total. The van der Waals surface area contributed by atoms with Crippen molar-refractivity contribution in [1.82, 2.24) is 5.32 Å². The van der Waals surface area contributed by atoms with Crippen molar-refractivity contribution in [2.75, 3.05) is 0 Å². The van der Waals surface area contributed by atoms with Gasteiger partial charge in [0.2, 0.25) is 0 Å². The van der Waals surface area contributed by atoms with E-state index in [1.54, 1.807) is 6.26 Å². The molecule has 0 aromatic carbocycles. The summed E-state index contributed by atoms with van der Waals surface area (Å²) in [5.41, 5.74) is 0. The maximum Gasteiger partial charge on any atom is 0.120 e. The zero-order valence-electron chi connectivity index (χ0n) is 8.44. The van der Waals surface area contributed by atoms with Gasteiger partial charge in [-0.15, -0.1) is 0 Å². The Morgan fingerprint density at radius 1 is 1.57 bits per heavy atom. The van der Waals surface area contributed by atoms with E-state index in [9.17, 15) is 5.11 Å². The highest BCUT2D eigenvalue weighted by molar-refractivity contribution is 5.04. The van der Waals surface area contributed by atoms with Crippen molar-refractivity contribution < 1.29 is 9.52 Å². The van der Waals surface area contributed by atoms with Gasteiger partial charge in [0.05, 0.1) is 18.4 Å². The maximum atomic E-state index is 9.64. The van der Waals surface area contributed by atoms with Crippen LogP contribution in [-0.2, 0) is 0 Å². The molecular formula is C11H17NO2. The Hall–Kier alpha value is -0.800. The van der Waals surface area contributed by atoms with Crippen molar-refractivity contribution in [2.45, 2.75) is 44.4 Å². The van der Waals surface area contributed by atoms with E-state index in [1.807, 2.05) is 12.1 Å². The number of hydrogen-bond donors (Lipinski definition) is 2. The minimum Gasteiger partial charge on any atom is -0.468 e. The molecule has 1 fully saturated rings. The molecule has 1 saturated carbocycles. The van der Waals surface area contributed by atoms with Crippen molar-refractivity contribution in [3.63, 3.8) is 0 Å². The van der Waals surface area contributed by atoms with Crippen LogP contribution in [0.1, 0.15) is 38.0 Å². The molecular weight excluding hydrogens is 178 g/mol. The van der Waals surface area contributed by atoms with E-state index in [2.05, 4.69) is 12.2 Å². The summed E-state index contributed by atoms with van der Waals surface area (Å²) in [6.07, 6.45) is 4.59. The number of hydrogen-bond acceptors (Lipinski definition) is 3. The third-order valence-corrected chi connectivity index (χ3v) is 2.91. The Balaban J connectivity index is 1.91. The van der Waals surface area contributed by atoms with Gasteiger partial charge in [-0.3, -0.25) is 0 Å². The lowest BCUT2D eigenvalue weighted by Crippen LogP contribution is -2.37. The van der Waals surface area contributed by atoms with Gasteiger partial charge in [0.1, 0.15) is 5.76 Å². The first-order valence-corrected chi connectivity index (χ1v) is 5.25. The number of aliphatic hydroxyl groups is 1. The molecule has 1 aliphatic rings. The van der Waals surface area contributed by atoms with Gasteiger partial charge >= 0.3 is 0 Å².